The summed E-state index contributed by atoms with van der Waals surface area (Å²) in [5, 5.41) is 5.27. The van der Waals surface area contributed by atoms with Gasteiger partial charge in [0.2, 0.25) is 0 Å². The molecule has 1 amide bonds. The van der Waals surface area contributed by atoms with Gasteiger partial charge in [0.05, 0.1) is 23.3 Å². The summed E-state index contributed by atoms with van der Waals surface area (Å²) in [6.07, 6.45) is 10.3. The number of aromatic nitrogens is 5. The molecule has 256 valence electrons. The number of amides is 1. The SMILES string of the molecule is Cc1ccc(S(=O)(=O)n2cc(-c3cnn(Cc4ccccn4)c3)c3cc(-c4ccc(C5CCN(C(=O)OC(C)(C)C)CC5)cc4)cnc32)cc1. The number of benzene rings is 2. The molecule has 2 aromatic carbocycles. The third-order valence-electron chi connectivity index (χ3n) is 9.05. The van der Waals surface area contributed by atoms with Crippen LogP contribution in [0.4, 0.5) is 4.79 Å². The topological polar surface area (TPSA) is 112 Å². The third kappa shape index (κ3) is 6.91. The van der Waals surface area contributed by atoms with Gasteiger partial charge in [-0.3, -0.25) is 9.67 Å². The molecule has 6 aromatic rings. The summed E-state index contributed by atoms with van der Waals surface area (Å²) in [5.41, 5.74) is 6.23. The molecule has 0 saturated carbocycles. The molecule has 0 atom stereocenters. The van der Waals surface area contributed by atoms with Crippen LogP contribution < -0.4 is 0 Å². The number of pyridine rings is 2. The van der Waals surface area contributed by atoms with Crippen LogP contribution in [0.2, 0.25) is 0 Å². The molecule has 1 fully saturated rings. The lowest BCUT2D eigenvalue weighted by Crippen LogP contribution is -2.41. The molecule has 0 radical (unpaired) electrons. The van der Waals surface area contributed by atoms with E-state index in [-0.39, 0.29) is 11.0 Å². The van der Waals surface area contributed by atoms with Gasteiger partial charge >= 0.3 is 6.09 Å². The fourth-order valence-electron chi connectivity index (χ4n) is 6.39. The summed E-state index contributed by atoms with van der Waals surface area (Å²) >= 11 is 0. The second-order valence-electron chi connectivity index (χ2n) is 13.9. The van der Waals surface area contributed by atoms with Gasteiger partial charge in [-0.15, -0.1) is 0 Å². The van der Waals surface area contributed by atoms with Crippen LogP contribution in [0.1, 0.15) is 56.4 Å². The standard InChI is InChI=1S/C39H40N6O4S/c1-27-8-14-34(15-9-27)50(47,48)45-26-36(32-23-42-44(24-32)25-33-7-5-6-18-40-33)35-21-31(22-41-37(35)45)29-12-10-28(11-13-29)30-16-19-43(20-17-30)38(46)49-39(2,3)4/h5-15,18,21-24,26,30H,16-17,19-20,25H2,1-4H3. The first kappa shape index (κ1) is 33.2. The lowest BCUT2D eigenvalue weighted by molar-refractivity contribution is 0.0205. The highest BCUT2D eigenvalue weighted by molar-refractivity contribution is 7.90. The van der Waals surface area contributed by atoms with E-state index < -0.39 is 15.6 Å². The first-order valence-electron chi connectivity index (χ1n) is 16.8. The molecule has 1 aliphatic heterocycles. The van der Waals surface area contributed by atoms with Crippen LogP contribution in [0, 0.1) is 6.92 Å². The molecule has 0 N–H and O–H groups in total. The number of nitrogens with zero attached hydrogens (tertiary/aromatic N) is 6. The minimum Gasteiger partial charge on any atom is -0.444 e. The van der Waals surface area contributed by atoms with Gasteiger partial charge < -0.3 is 9.64 Å². The zero-order valence-corrected chi connectivity index (χ0v) is 29.5. The van der Waals surface area contributed by atoms with Crippen LogP contribution in [0.15, 0.2) is 109 Å². The van der Waals surface area contributed by atoms with Gasteiger partial charge in [-0.1, -0.05) is 48.0 Å². The van der Waals surface area contributed by atoms with Crippen molar-refractivity contribution in [1.82, 2.24) is 28.6 Å². The van der Waals surface area contributed by atoms with Crippen molar-refractivity contribution in [2.75, 3.05) is 13.1 Å². The maximum atomic E-state index is 14.0. The summed E-state index contributed by atoms with van der Waals surface area (Å²) in [7, 11) is -3.94. The maximum Gasteiger partial charge on any atom is 0.410 e. The lowest BCUT2D eigenvalue weighted by atomic mass is 9.88. The molecule has 10 nitrogen and oxygen atoms in total. The summed E-state index contributed by atoms with van der Waals surface area (Å²) in [6, 6.07) is 23.0. The Morgan fingerprint density at radius 1 is 0.880 bits per heavy atom. The van der Waals surface area contributed by atoms with E-state index in [1.165, 1.54) is 9.54 Å². The Bertz CT molecular complexity index is 2250. The quantitative estimate of drug-likeness (QED) is 0.169. The second-order valence-corrected chi connectivity index (χ2v) is 15.7. The van der Waals surface area contributed by atoms with Crippen LogP contribution in [0.5, 0.6) is 0 Å². The summed E-state index contributed by atoms with van der Waals surface area (Å²) < 4.78 is 36.6. The Morgan fingerprint density at radius 3 is 2.30 bits per heavy atom. The fraction of sp³-hybridized carbons (Fsp3) is 0.282. The average molecular weight is 689 g/mol. The van der Waals surface area contributed by atoms with Crippen molar-refractivity contribution >= 4 is 27.1 Å². The Morgan fingerprint density at radius 2 is 1.62 bits per heavy atom. The van der Waals surface area contributed by atoms with E-state index in [4.69, 9.17) is 9.72 Å². The highest BCUT2D eigenvalue weighted by Gasteiger charge is 2.28. The maximum absolute atomic E-state index is 14.0. The van der Waals surface area contributed by atoms with Crippen LogP contribution in [-0.4, -0.2) is 61.8 Å². The fourth-order valence-corrected chi connectivity index (χ4v) is 7.72. The van der Waals surface area contributed by atoms with Crippen LogP contribution >= 0.6 is 0 Å². The number of fused-ring (bicyclic) bond motifs is 1. The van der Waals surface area contributed by atoms with Gasteiger partial charge in [0.25, 0.3) is 10.0 Å². The van der Waals surface area contributed by atoms with E-state index >= 15 is 0 Å². The first-order valence-corrected chi connectivity index (χ1v) is 18.2. The van der Waals surface area contributed by atoms with E-state index in [0.29, 0.717) is 42.1 Å². The molecule has 1 saturated heterocycles. The molecule has 50 heavy (non-hydrogen) atoms. The van der Waals surface area contributed by atoms with Crippen LogP contribution in [0.3, 0.4) is 0 Å². The van der Waals surface area contributed by atoms with Gasteiger partial charge in [0.1, 0.15) is 5.60 Å². The highest BCUT2D eigenvalue weighted by Crippen LogP contribution is 2.36. The zero-order chi connectivity index (χ0) is 35.0. The Hall–Kier alpha value is -5.29. The van der Waals surface area contributed by atoms with E-state index in [1.54, 1.807) is 58.6 Å². The largest absolute Gasteiger partial charge is 0.444 e. The number of carbonyl (C=O) groups is 1. The van der Waals surface area contributed by atoms with Gasteiger partial charge in [-0.25, -0.2) is 22.2 Å². The van der Waals surface area contributed by atoms with Gasteiger partial charge in [0, 0.05) is 60.0 Å². The van der Waals surface area contributed by atoms with Crippen LogP contribution in [0.25, 0.3) is 33.3 Å². The van der Waals surface area contributed by atoms with E-state index in [9.17, 15) is 13.2 Å². The van der Waals surface area contributed by atoms with E-state index in [1.807, 2.05) is 58.2 Å². The number of likely N-dealkylation sites (tertiary alicyclic amines) is 1. The van der Waals surface area contributed by atoms with Gasteiger partial charge in [-0.05, 0) is 87.9 Å². The number of piperidine rings is 1. The monoisotopic (exact) mass is 688 g/mol. The minimum atomic E-state index is -3.94. The van der Waals surface area contributed by atoms with E-state index in [0.717, 1.165) is 40.8 Å². The summed E-state index contributed by atoms with van der Waals surface area (Å²) in [6.45, 7) is 9.38. The Labute approximate surface area is 292 Å². The number of carbonyl (C=O) groups excluding carboxylic acids is 1. The third-order valence-corrected chi connectivity index (χ3v) is 10.7. The Balaban J connectivity index is 1.20. The molecule has 7 rings (SSSR count). The molecule has 0 unspecified atom stereocenters. The molecule has 11 heteroatoms. The summed E-state index contributed by atoms with van der Waals surface area (Å²) in [5.74, 6) is 0.346. The van der Waals surface area contributed by atoms with Gasteiger partial charge in [-0.2, -0.15) is 5.10 Å². The molecule has 5 heterocycles. The van der Waals surface area contributed by atoms with Crippen LogP contribution in [-0.2, 0) is 21.3 Å². The molecular weight excluding hydrogens is 649 g/mol. The zero-order valence-electron chi connectivity index (χ0n) is 28.7. The molecule has 1 aliphatic rings. The first-order chi connectivity index (χ1) is 23.9. The number of hydrogen-bond acceptors (Lipinski definition) is 7. The number of aryl methyl sites for hydroxylation is 1. The van der Waals surface area contributed by atoms with Crippen molar-refractivity contribution in [3.8, 4) is 22.3 Å². The molecular formula is C39H40N6O4S. The highest BCUT2D eigenvalue weighted by atomic mass is 32.2. The minimum absolute atomic E-state index is 0.191. The molecule has 0 aliphatic carbocycles. The van der Waals surface area contributed by atoms with E-state index in [2.05, 4.69) is 34.3 Å². The molecule has 4 aromatic heterocycles. The predicted molar refractivity (Wildman–Crippen MR) is 193 cm³/mol. The lowest BCUT2D eigenvalue weighted by Gasteiger charge is -2.33. The number of hydrogen-bond donors (Lipinski definition) is 0. The predicted octanol–water partition coefficient (Wildman–Crippen LogP) is 7.67. The average Bonchev–Trinajstić information content (AvgIpc) is 3.73. The Kier molecular flexibility index (Phi) is 8.77. The second kappa shape index (κ2) is 13.2. The molecule has 0 spiro atoms. The number of rotatable bonds is 7. The van der Waals surface area contributed by atoms with Crippen molar-refractivity contribution in [1.29, 1.82) is 0 Å². The molecule has 0 bridgehead atoms. The summed E-state index contributed by atoms with van der Waals surface area (Å²) in [4.78, 5) is 23.7. The van der Waals surface area contributed by atoms with Gasteiger partial charge in [0.15, 0.2) is 5.65 Å². The van der Waals surface area contributed by atoms with Crippen molar-refractivity contribution in [2.24, 2.45) is 0 Å². The smallest absolute Gasteiger partial charge is 0.410 e. The van der Waals surface area contributed by atoms with Crippen molar-refractivity contribution < 1.29 is 17.9 Å². The van der Waals surface area contributed by atoms with Crippen molar-refractivity contribution in [3.63, 3.8) is 0 Å². The van der Waals surface area contributed by atoms with Crippen molar-refractivity contribution in [3.05, 3.63) is 121 Å². The number of ether oxygens (including phenoxy) is 1. The normalized spacial score (nSPS) is 14.3. The van der Waals surface area contributed by atoms with Crippen molar-refractivity contribution in [2.45, 2.75) is 63.5 Å².